The average Bonchev–Trinajstić information content (AvgIpc) is 2.79. The molecule has 172 valence electrons. The number of hydrogen-bond acceptors (Lipinski definition) is 5. The zero-order valence-electron chi connectivity index (χ0n) is 19.1. The van der Waals surface area contributed by atoms with Crippen LogP contribution in [0.2, 0.25) is 0 Å². The van der Waals surface area contributed by atoms with E-state index in [0.29, 0.717) is 24.3 Å². The van der Waals surface area contributed by atoms with Gasteiger partial charge < -0.3 is 9.64 Å². The van der Waals surface area contributed by atoms with Crippen molar-refractivity contribution in [2.24, 2.45) is 5.92 Å². The molecule has 3 aliphatic rings. The number of piperidine rings is 1. The maximum Gasteiger partial charge on any atom is 0.222 e. The number of pyridine rings is 1. The lowest BCUT2D eigenvalue weighted by Gasteiger charge is -2.45. The van der Waals surface area contributed by atoms with Crippen molar-refractivity contribution in [2.75, 3.05) is 52.5 Å². The Labute approximate surface area is 187 Å². The highest BCUT2D eigenvalue weighted by Gasteiger charge is 2.34. The van der Waals surface area contributed by atoms with Crippen LogP contribution >= 0.6 is 0 Å². The highest BCUT2D eigenvalue weighted by molar-refractivity contribution is 5.76. The summed E-state index contributed by atoms with van der Waals surface area (Å²) >= 11 is 0. The quantitative estimate of drug-likeness (QED) is 0.697. The lowest BCUT2D eigenvalue weighted by Crippen LogP contribution is -2.54. The summed E-state index contributed by atoms with van der Waals surface area (Å²) in [5.74, 6) is 0.916. The number of rotatable bonds is 6. The minimum atomic E-state index is 0.379. The zero-order valence-corrected chi connectivity index (χ0v) is 19.1. The molecule has 0 unspecified atom stereocenters. The molecule has 0 spiro atoms. The minimum absolute atomic E-state index is 0.379. The molecule has 0 saturated carbocycles. The van der Waals surface area contributed by atoms with Gasteiger partial charge >= 0.3 is 0 Å². The lowest BCUT2D eigenvalue weighted by molar-refractivity contribution is -0.132. The van der Waals surface area contributed by atoms with E-state index in [0.717, 1.165) is 71.1 Å². The van der Waals surface area contributed by atoms with Crippen molar-refractivity contribution in [1.29, 1.82) is 0 Å². The minimum Gasteiger partial charge on any atom is -0.379 e. The van der Waals surface area contributed by atoms with Gasteiger partial charge in [-0.2, -0.15) is 0 Å². The summed E-state index contributed by atoms with van der Waals surface area (Å²) in [6, 6.07) is 6.74. The summed E-state index contributed by atoms with van der Waals surface area (Å²) in [5, 5.41) is 0. The largest absolute Gasteiger partial charge is 0.379 e. The first-order chi connectivity index (χ1) is 15.3. The first-order valence-corrected chi connectivity index (χ1v) is 12.5. The highest BCUT2D eigenvalue weighted by atomic mass is 16.5. The van der Waals surface area contributed by atoms with Crippen LogP contribution in [0.15, 0.2) is 24.4 Å². The first kappa shape index (κ1) is 22.7. The Kier molecular flexibility index (Phi) is 8.73. The van der Waals surface area contributed by atoms with Gasteiger partial charge in [0.1, 0.15) is 0 Å². The predicted molar refractivity (Wildman–Crippen MR) is 123 cm³/mol. The van der Waals surface area contributed by atoms with Crippen LogP contribution in [0.5, 0.6) is 0 Å². The molecule has 3 aliphatic heterocycles. The molecule has 1 aromatic rings. The Morgan fingerprint density at radius 2 is 1.77 bits per heavy atom. The van der Waals surface area contributed by atoms with Gasteiger partial charge in [0.25, 0.3) is 0 Å². The molecule has 6 heteroatoms. The SMILES string of the molecule is O=C(CC[C@H]1CN(Cc2ccccn2)CC[C@H]1N1CCOCC1)N1CCCCCCC1. The fraction of sp³-hybridized carbons (Fsp3) is 0.760. The number of hydrogen-bond donors (Lipinski definition) is 0. The van der Waals surface area contributed by atoms with Crippen LogP contribution in [0.4, 0.5) is 0 Å². The first-order valence-electron chi connectivity index (χ1n) is 12.5. The molecular weight excluding hydrogens is 388 g/mol. The van der Waals surface area contributed by atoms with Gasteiger partial charge in [-0.05, 0) is 43.7 Å². The fourth-order valence-corrected chi connectivity index (χ4v) is 5.60. The molecule has 6 nitrogen and oxygen atoms in total. The van der Waals surface area contributed by atoms with Gasteiger partial charge in [-0.25, -0.2) is 0 Å². The summed E-state index contributed by atoms with van der Waals surface area (Å²) in [5.41, 5.74) is 1.14. The van der Waals surface area contributed by atoms with E-state index < -0.39 is 0 Å². The maximum absolute atomic E-state index is 13.0. The van der Waals surface area contributed by atoms with Crippen molar-refractivity contribution in [3.05, 3.63) is 30.1 Å². The molecule has 0 aliphatic carbocycles. The van der Waals surface area contributed by atoms with Gasteiger partial charge in [0.2, 0.25) is 5.91 Å². The Hall–Kier alpha value is -1.50. The average molecular weight is 429 g/mol. The van der Waals surface area contributed by atoms with Crippen molar-refractivity contribution in [3.8, 4) is 0 Å². The van der Waals surface area contributed by atoms with E-state index in [2.05, 4.69) is 31.8 Å². The summed E-state index contributed by atoms with van der Waals surface area (Å²) < 4.78 is 5.60. The molecule has 0 radical (unpaired) electrons. The Morgan fingerprint density at radius 3 is 2.52 bits per heavy atom. The normalized spacial score (nSPS) is 26.9. The van der Waals surface area contributed by atoms with Gasteiger partial charge in [0.05, 0.1) is 18.9 Å². The molecule has 0 N–H and O–H groups in total. The van der Waals surface area contributed by atoms with E-state index in [1.165, 1.54) is 38.5 Å². The number of nitrogens with zero attached hydrogens (tertiary/aromatic N) is 4. The fourth-order valence-electron chi connectivity index (χ4n) is 5.60. The van der Waals surface area contributed by atoms with Gasteiger partial charge in [0, 0.05) is 64.5 Å². The van der Waals surface area contributed by atoms with Crippen LogP contribution in [0.25, 0.3) is 0 Å². The van der Waals surface area contributed by atoms with E-state index >= 15 is 0 Å². The van der Waals surface area contributed by atoms with E-state index in [-0.39, 0.29) is 0 Å². The number of amides is 1. The second-order valence-corrected chi connectivity index (χ2v) is 9.51. The monoisotopic (exact) mass is 428 g/mol. The molecular formula is C25H40N4O2. The number of morpholine rings is 1. The molecule has 4 heterocycles. The zero-order chi connectivity index (χ0) is 21.3. The van der Waals surface area contributed by atoms with Gasteiger partial charge in [-0.15, -0.1) is 0 Å². The summed E-state index contributed by atoms with van der Waals surface area (Å²) in [7, 11) is 0. The maximum atomic E-state index is 13.0. The highest BCUT2D eigenvalue weighted by Crippen LogP contribution is 2.28. The van der Waals surface area contributed by atoms with E-state index in [9.17, 15) is 4.79 Å². The Bertz CT molecular complexity index is 657. The number of carbonyl (C=O) groups is 1. The predicted octanol–water partition coefficient (Wildman–Crippen LogP) is 3.18. The molecule has 4 rings (SSSR count). The van der Waals surface area contributed by atoms with Crippen molar-refractivity contribution < 1.29 is 9.53 Å². The third-order valence-corrected chi connectivity index (χ3v) is 7.34. The van der Waals surface area contributed by atoms with Crippen molar-refractivity contribution in [1.82, 2.24) is 19.7 Å². The molecule has 1 aromatic heterocycles. The second-order valence-electron chi connectivity index (χ2n) is 9.51. The molecule has 3 saturated heterocycles. The molecule has 0 aromatic carbocycles. The number of ether oxygens (including phenoxy) is 1. The van der Waals surface area contributed by atoms with Crippen molar-refractivity contribution in [3.63, 3.8) is 0 Å². The van der Waals surface area contributed by atoms with Crippen molar-refractivity contribution in [2.45, 2.75) is 64.0 Å². The van der Waals surface area contributed by atoms with Crippen LogP contribution in [0.3, 0.4) is 0 Å². The summed E-state index contributed by atoms with van der Waals surface area (Å²) in [6.45, 7) is 8.74. The van der Waals surface area contributed by atoms with E-state index in [1.807, 2.05) is 12.3 Å². The summed E-state index contributed by atoms with van der Waals surface area (Å²) in [4.78, 5) is 24.9. The van der Waals surface area contributed by atoms with E-state index in [4.69, 9.17) is 4.74 Å². The molecule has 0 bridgehead atoms. The number of aromatic nitrogens is 1. The molecule has 3 fully saturated rings. The van der Waals surface area contributed by atoms with Crippen LogP contribution in [-0.2, 0) is 16.1 Å². The Morgan fingerprint density at radius 1 is 1.00 bits per heavy atom. The second kappa shape index (κ2) is 11.9. The summed E-state index contributed by atoms with van der Waals surface area (Å²) in [6.07, 6.45) is 11.0. The van der Waals surface area contributed by atoms with Crippen LogP contribution in [-0.4, -0.2) is 84.1 Å². The number of carbonyl (C=O) groups excluding carboxylic acids is 1. The van der Waals surface area contributed by atoms with Gasteiger partial charge in [-0.1, -0.05) is 25.3 Å². The standard InChI is InChI=1S/C25H40N4O2/c30-25(29-13-6-2-1-3-7-14-29)10-9-22-20-27(21-23-8-4-5-12-26-23)15-11-24(22)28-16-18-31-19-17-28/h4-5,8,12,22,24H,1-3,6-7,9-11,13-21H2/t22-,24+/m0/s1. The number of likely N-dealkylation sites (tertiary alicyclic amines) is 2. The van der Waals surface area contributed by atoms with E-state index in [1.54, 1.807) is 0 Å². The van der Waals surface area contributed by atoms with Crippen molar-refractivity contribution >= 4 is 5.91 Å². The van der Waals surface area contributed by atoms with Crippen LogP contribution in [0, 0.1) is 5.92 Å². The topological polar surface area (TPSA) is 48.9 Å². The van der Waals surface area contributed by atoms with Gasteiger partial charge in [0.15, 0.2) is 0 Å². The van der Waals surface area contributed by atoms with Crippen LogP contribution in [0.1, 0.15) is 57.1 Å². The third kappa shape index (κ3) is 6.74. The van der Waals surface area contributed by atoms with Crippen LogP contribution < -0.4 is 0 Å². The smallest absolute Gasteiger partial charge is 0.222 e. The Balaban J connectivity index is 1.36. The molecule has 2 atom stereocenters. The molecule has 31 heavy (non-hydrogen) atoms. The molecule has 1 amide bonds. The van der Waals surface area contributed by atoms with Gasteiger partial charge in [-0.3, -0.25) is 19.6 Å². The lowest BCUT2D eigenvalue weighted by atomic mass is 9.86. The third-order valence-electron chi connectivity index (χ3n) is 7.34.